The maximum atomic E-state index is 2.71. The Labute approximate surface area is 490 Å². The maximum absolute atomic E-state index is 2.71. The Morgan fingerprint density at radius 1 is 0.277 bits per heavy atom. The average Bonchev–Trinajstić information content (AvgIpc) is 2.18. The average molecular weight is 1070 g/mol. The molecule has 18 rings (SSSR count). The topological polar surface area (TPSA) is 3.24 Å². The van der Waals surface area contributed by atoms with Crippen molar-refractivity contribution in [3.05, 3.63) is 282 Å². The van der Waals surface area contributed by atoms with E-state index in [2.05, 4.69) is 281 Å². The van der Waals surface area contributed by atoms with E-state index in [0.717, 1.165) is 28.9 Å². The van der Waals surface area contributed by atoms with Gasteiger partial charge in [-0.05, 0) is 239 Å². The summed E-state index contributed by atoms with van der Waals surface area (Å²) in [5.41, 5.74) is 33.2. The molecule has 1 heteroatoms. The highest BCUT2D eigenvalue weighted by atomic mass is 15.1. The molecule has 0 saturated heterocycles. The molecule has 83 heavy (non-hydrogen) atoms. The molecule has 4 fully saturated rings. The quantitative estimate of drug-likeness (QED) is 0.147. The van der Waals surface area contributed by atoms with Crippen LogP contribution in [0.2, 0.25) is 0 Å². The fourth-order valence-corrected chi connectivity index (χ4v) is 17.9. The highest BCUT2D eigenvalue weighted by Gasteiger charge is 2.62. The molecule has 400 valence electrons. The summed E-state index contributed by atoms with van der Waals surface area (Å²) in [7, 11) is 0. The molecule has 11 aromatic rings. The summed E-state index contributed by atoms with van der Waals surface area (Å²) in [5.74, 6) is 2.83. The van der Waals surface area contributed by atoms with Gasteiger partial charge in [0.25, 0.3) is 0 Å². The maximum Gasteiger partial charge on any atom is 0.0467 e. The number of para-hydroxylation sites is 1. The summed E-state index contributed by atoms with van der Waals surface area (Å²) in [5, 5.41) is 0. The zero-order valence-electron chi connectivity index (χ0n) is 48.0. The predicted octanol–water partition coefficient (Wildman–Crippen LogP) is 21.8. The third kappa shape index (κ3) is 7.19. The molecule has 1 nitrogen and oxygen atoms in total. The zero-order valence-corrected chi connectivity index (χ0v) is 48.0. The fraction of sp³-hybridized carbons (Fsp3) is 0.195. The van der Waals surface area contributed by atoms with Crippen molar-refractivity contribution in [1.82, 2.24) is 0 Å². The van der Waals surface area contributed by atoms with Gasteiger partial charge in [-0.25, -0.2) is 0 Å². The van der Waals surface area contributed by atoms with Crippen molar-refractivity contribution in [2.24, 2.45) is 23.7 Å². The van der Waals surface area contributed by atoms with Crippen LogP contribution in [0.25, 0.3) is 89.0 Å². The Hall–Kier alpha value is -8.78. The van der Waals surface area contributed by atoms with Crippen LogP contribution in [0.1, 0.15) is 93.2 Å². The van der Waals surface area contributed by atoms with Crippen LogP contribution in [-0.2, 0) is 16.2 Å². The van der Waals surface area contributed by atoms with Gasteiger partial charge in [-0.15, -0.1) is 0 Å². The molecule has 0 unspecified atom stereocenters. The minimum atomic E-state index is -0.264. The molecular weight excluding hydrogens is 999 g/mol. The Morgan fingerprint density at radius 2 is 0.699 bits per heavy atom. The molecule has 0 aliphatic heterocycles. The lowest BCUT2D eigenvalue weighted by Crippen LogP contribution is -2.55. The molecule has 0 atom stereocenters. The van der Waals surface area contributed by atoms with E-state index in [1.54, 1.807) is 11.1 Å². The van der Waals surface area contributed by atoms with Gasteiger partial charge in [0.2, 0.25) is 0 Å². The van der Waals surface area contributed by atoms with Crippen LogP contribution in [-0.4, -0.2) is 0 Å². The molecule has 0 amide bonds. The molecule has 0 aromatic heterocycles. The first-order valence-electron chi connectivity index (χ1n) is 30.6. The molecule has 4 bridgehead atoms. The highest BCUT2D eigenvalue weighted by Crippen LogP contribution is 2.71. The third-order valence-corrected chi connectivity index (χ3v) is 21.4. The zero-order chi connectivity index (χ0) is 55.3. The smallest absolute Gasteiger partial charge is 0.0467 e. The van der Waals surface area contributed by atoms with Gasteiger partial charge in [-0.2, -0.15) is 0 Å². The number of benzene rings is 11. The number of fused-ring (bicyclic) bond motifs is 9. The second kappa shape index (κ2) is 18.1. The summed E-state index contributed by atoms with van der Waals surface area (Å²) in [6.45, 7) is 9.75. The highest BCUT2D eigenvalue weighted by molar-refractivity contribution is 5.99. The monoisotopic (exact) mass is 1070 g/mol. The van der Waals surface area contributed by atoms with E-state index in [9.17, 15) is 0 Å². The number of nitrogens with zero attached hydrogens (tertiary/aromatic N) is 1. The summed E-state index contributed by atoms with van der Waals surface area (Å²) < 4.78 is 0. The van der Waals surface area contributed by atoms with Crippen LogP contribution in [0, 0.1) is 23.7 Å². The molecule has 4 saturated carbocycles. The van der Waals surface area contributed by atoms with Crippen molar-refractivity contribution in [2.75, 3.05) is 4.90 Å². The van der Waals surface area contributed by atoms with Crippen molar-refractivity contribution in [2.45, 2.75) is 76.0 Å². The molecule has 7 aliphatic carbocycles. The van der Waals surface area contributed by atoms with Crippen molar-refractivity contribution < 1.29 is 0 Å². The second-order valence-electron chi connectivity index (χ2n) is 26.4. The van der Waals surface area contributed by atoms with E-state index < -0.39 is 0 Å². The van der Waals surface area contributed by atoms with Crippen LogP contribution in [0.15, 0.2) is 249 Å². The largest absolute Gasteiger partial charge is 0.310 e. The van der Waals surface area contributed by atoms with Crippen LogP contribution >= 0.6 is 0 Å². The first-order chi connectivity index (χ1) is 40.6. The minimum absolute atomic E-state index is 0.0602. The lowest BCUT2D eigenvalue weighted by atomic mass is 9.42. The first-order valence-corrected chi connectivity index (χ1v) is 30.6. The van der Waals surface area contributed by atoms with Gasteiger partial charge in [0.15, 0.2) is 0 Å². The van der Waals surface area contributed by atoms with Gasteiger partial charge >= 0.3 is 0 Å². The SMILES string of the molecule is CC1(C)c2ccccc2-c2ccc(-c3ccc4c(c3)C3(c5c-4ccc(-c4ccc6c(c4)C(C)(C)c4cc(N(c7ccccc7)c7cccc(-c8ccccc8)c7)ccc4-6)c5-c4cccc(-c5ccccc5)c4)C4CC5CC(C4)CC3C5)cc21. The predicted molar refractivity (Wildman–Crippen MR) is 347 cm³/mol. The molecule has 7 aliphatic rings. The number of anilines is 3. The Kier molecular flexibility index (Phi) is 10.7. The summed E-state index contributed by atoms with van der Waals surface area (Å²) >= 11 is 0. The van der Waals surface area contributed by atoms with Gasteiger partial charge < -0.3 is 4.90 Å². The minimum Gasteiger partial charge on any atom is -0.310 e. The van der Waals surface area contributed by atoms with Crippen LogP contribution in [0.5, 0.6) is 0 Å². The summed E-state index contributed by atoms with van der Waals surface area (Å²) in [4.78, 5) is 2.43. The Bertz CT molecular complexity index is 4410. The summed E-state index contributed by atoms with van der Waals surface area (Å²) in [6.07, 6.45) is 6.71. The van der Waals surface area contributed by atoms with E-state index in [0.29, 0.717) is 11.8 Å². The first kappa shape index (κ1) is 48.9. The van der Waals surface area contributed by atoms with E-state index in [-0.39, 0.29) is 16.2 Å². The Balaban J connectivity index is 0.834. The van der Waals surface area contributed by atoms with Gasteiger partial charge in [-0.1, -0.05) is 216 Å². The molecular formula is C82H67N. The molecule has 0 radical (unpaired) electrons. The number of rotatable bonds is 8. The molecule has 11 aromatic carbocycles. The van der Waals surface area contributed by atoms with Crippen molar-refractivity contribution in [1.29, 1.82) is 0 Å². The second-order valence-corrected chi connectivity index (χ2v) is 26.4. The van der Waals surface area contributed by atoms with Crippen LogP contribution in [0.3, 0.4) is 0 Å². The van der Waals surface area contributed by atoms with Gasteiger partial charge in [-0.3, -0.25) is 0 Å². The van der Waals surface area contributed by atoms with Crippen molar-refractivity contribution in [3.63, 3.8) is 0 Å². The van der Waals surface area contributed by atoms with Gasteiger partial charge in [0.05, 0.1) is 0 Å². The molecule has 0 heterocycles. The number of hydrogen-bond donors (Lipinski definition) is 0. The van der Waals surface area contributed by atoms with E-state index >= 15 is 0 Å². The van der Waals surface area contributed by atoms with E-state index in [1.165, 1.54) is 143 Å². The van der Waals surface area contributed by atoms with Crippen molar-refractivity contribution >= 4 is 17.1 Å². The standard InChI is InChI=1S/C82H67N/c1-80(2)73-29-15-14-28-67(73)68-34-30-57(47-74(68)80)58-31-35-71-72-39-38-66(78(60-24-16-22-55(45-60)53-18-8-5-9-19-53)79(72)82(77(71)48-58)61-41-51-40-52(43-61)44-62(82)42-51)59-32-36-69-70-37-33-65(50-76(70)81(3,4)75(69)49-59)83(63-25-12-7-13-26-63)64-27-17-23-56(46-64)54-20-10-6-11-21-54/h5-39,45-52,61-62H,40-44H2,1-4H3. The molecule has 1 spiro atoms. The fourth-order valence-electron chi connectivity index (χ4n) is 17.9. The van der Waals surface area contributed by atoms with E-state index in [1.807, 2.05) is 0 Å². The third-order valence-electron chi connectivity index (χ3n) is 21.4. The van der Waals surface area contributed by atoms with Gasteiger partial charge in [0, 0.05) is 33.3 Å². The van der Waals surface area contributed by atoms with Crippen LogP contribution in [0.4, 0.5) is 17.1 Å². The van der Waals surface area contributed by atoms with Crippen LogP contribution < -0.4 is 4.90 Å². The lowest BCUT2D eigenvalue weighted by molar-refractivity contribution is -0.0396. The molecule has 0 N–H and O–H groups in total. The Morgan fingerprint density at radius 3 is 1.36 bits per heavy atom. The van der Waals surface area contributed by atoms with E-state index in [4.69, 9.17) is 0 Å². The van der Waals surface area contributed by atoms with Crippen molar-refractivity contribution in [3.8, 4) is 89.0 Å². The number of hydrogen-bond acceptors (Lipinski definition) is 1. The summed E-state index contributed by atoms with van der Waals surface area (Å²) in [6, 6.07) is 95.3. The lowest BCUT2D eigenvalue weighted by Gasteiger charge is -2.61. The normalized spacial score (nSPS) is 21.0. The van der Waals surface area contributed by atoms with Gasteiger partial charge in [0.1, 0.15) is 0 Å².